The van der Waals surface area contributed by atoms with Crippen LogP contribution < -0.4 is 0 Å². The molecule has 8 heteroatoms. The molecule has 0 aromatic rings. The van der Waals surface area contributed by atoms with Gasteiger partial charge in [-0.1, -0.05) is 12.8 Å². The largest absolute Gasteiger partial charge is 0.481 e. The van der Waals surface area contributed by atoms with E-state index >= 15 is 0 Å². The molecular formula is C15H24N2O5S. The predicted octanol–water partition coefficient (Wildman–Crippen LogP) is -0.181. The summed E-state index contributed by atoms with van der Waals surface area (Å²) in [4.78, 5) is 27.8. The fourth-order valence-corrected chi connectivity index (χ4v) is 5.09. The van der Waals surface area contributed by atoms with Crippen LogP contribution in [0.3, 0.4) is 0 Å². The number of nitrogens with zero attached hydrogens (tertiary/aromatic N) is 2. The van der Waals surface area contributed by atoms with Gasteiger partial charge < -0.3 is 10.0 Å². The van der Waals surface area contributed by atoms with Crippen LogP contribution in [0.5, 0.6) is 0 Å². The highest BCUT2D eigenvalue weighted by Gasteiger charge is 2.59. The highest BCUT2D eigenvalue weighted by molar-refractivity contribution is 7.91. The summed E-state index contributed by atoms with van der Waals surface area (Å²) in [7, 11) is -3.40. The van der Waals surface area contributed by atoms with Crippen LogP contribution in [0.25, 0.3) is 0 Å². The van der Waals surface area contributed by atoms with Crippen molar-refractivity contribution in [2.45, 2.75) is 31.7 Å². The molecule has 2 heterocycles. The molecule has 3 rings (SSSR count). The van der Waals surface area contributed by atoms with Gasteiger partial charge in [0, 0.05) is 44.4 Å². The van der Waals surface area contributed by atoms with Gasteiger partial charge in [0.05, 0.1) is 0 Å². The zero-order chi connectivity index (χ0) is 16.8. The Kier molecular flexibility index (Phi) is 4.16. The number of hydrogen-bond donors (Lipinski definition) is 1. The first-order chi connectivity index (χ1) is 10.7. The maximum atomic E-state index is 12.1. The van der Waals surface area contributed by atoms with Gasteiger partial charge in [-0.25, -0.2) is 8.42 Å². The molecule has 3 aliphatic rings. The van der Waals surface area contributed by atoms with Gasteiger partial charge in [-0.2, -0.15) is 0 Å². The zero-order valence-corrected chi connectivity index (χ0v) is 14.2. The average molecular weight is 344 g/mol. The molecule has 23 heavy (non-hydrogen) atoms. The number of carboxylic acids is 1. The fourth-order valence-electron chi connectivity index (χ4n) is 4.46. The summed E-state index contributed by atoms with van der Waals surface area (Å²) in [6, 6.07) is 0.469. The minimum Gasteiger partial charge on any atom is -0.481 e. The van der Waals surface area contributed by atoms with Crippen LogP contribution in [-0.2, 0) is 19.4 Å². The first kappa shape index (κ1) is 16.7. The molecule has 0 radical (unpaired) electrons. The van der Waals surface area contributed by atoms with Crippen molar-refractivity contribution in [3.63, 3.8) is 0 Å². The lowest BCUT2D eigenvalue weighted by Crippen LogP contribution is -2.44. The Bertz CT molecular complexity index is 613. The summed E-state index contributed by atoms with van der Waals surface area (Å²) in [6.07, 6.45) is 5.67. The number of fused-ring (bicyclic) bond motifs is 1. The maximum Gasteiger partial charge on any atom is 0.313 e. The smallest absolute Gasteiger partial charge is 0.313 e. The van der Waals surface area contributed by atoms with Crippen molar-refractivity contribution in [3.8, 4) is 0 Å². The Hall–Kier alpha value is -1.15. The predicted molar refractivity (Wildman–Crippen MR) is 83.7 cm³/mol. The van der Waals surface area contributed by atoms with E-state index in [-0.39, 0.29) is 12.5 Å². The number of rotatable bonds is 4. The summed E-state index contributed by atoms with van der Waals surface area (Å²) in [6.45, 7) is 1.65. The fraction of sp³-hybridized carbons (Fsp3) is 0.867. The standard InChI is InChI=1S/C15H24N2O5S/c1-23(21,22)8-13(18)17-7-11-6-16(12-4-2-3-5-12)9-15(11,10-17)14(19)20/h11-12H,2-10H2,1H3,(H,19,20)/t11-,15-/m0/s1. The number of aliphatic carboxylic acids is 1. The van der Waals surface area contributed by atoms with Crippen LogP contribution >= 0.6 is 0 Å². The lowest BCUT2D eigenvalue weighted by molar-refractivity contribution is -0.149. The molecule has 2 aliphatic heterocycles. The summed E-state index contributed by atoms with van der Waals surface area (Å²) < 4.78 is 22.6. The molecule has 1 amide bonds. The van der Waals surface area contributed by atoms with Crippen LogP contribution in [0.1, 0.15) is 25.7 Å². The van der Waals surface area contributed by atoms with Gasteiger partial charge in [-0.15, -0.1) is 0 Å². The summed E-state index contributed by atoms with van der Waals surface area (Å²) in [5, 5.41) is 9.78. The number of carbonyl (C=O) groups excluding carboxylic acids is 1. The number of hydrogen-bond acceptors (Lipinski definition) is 5. The highest BCUT2D eigenvalue weighted by Crippen LogP contribution is 2.45. The minimum absolute atomic E-state index is 0.107. The van der Waals surface area contributed by atoms with Crippen molar-refractivity contribution in [1.82, 2.24) is 9.80 Å². The molecular weight excluding hydrogens is 320 g/mol. The Morgan fingerprint density at radius 2 is 1.83 bits per heavy atom. The molecule has 0 aromatic carbocycles. The maximum absolute atomic E-state index is 12.1. The van der Waals surface area contributed by atoms with Gasteiger partial charge in [0.2, 0.25) is 5.91 Å². The second-order valence-corrected chi connectivity index (χ2v) is 9.51. The molecule has 7 nitrogen and oxygen atoms in total. The van der Waals surface area contributed by atoms with E-state index in [1.165, 1.54) is 17.7 Å². The summed E-state index contributed by atoms with van der Waals surface area (Å²) in [5.74, 6) is -1.99. The van der Waals surface area contributed by atoms with Gasteiger partial charge in [0.1, 0.15) is 11.2 Å². The summed E-state index contributed by atoms with van der Waals surface area (Å²) in [5.41, 5.74) is -0.935. The van der Waals surface area contributed by atoms with Gasteiger partial charge in [0.25, 0.3) is 0 Å². The van der Waals surface area contributed by atoms with Gasteiger partial charge in [-0.3, -0.25) is 14.5 Å². The van der Waals surface area contributed by atoms with Crippen LogP contribution in [0, 0.1) is 11.3 Å². The third kappa shape index (κ3) is 3.10. The first-order valence-electron chi connectivity index (χ1n) is 8.14. The van der Waals surface area contributed by atoms with E-state index in [4.69, 9.17) is 0 Å². The Morgan fingerprint density at radius 3 is 2.35 bits per heavy atom. The molecule has 2 saturated heterocycles. The first-order valence-corrected chi connectivity index (χ1v) is 10.2. The van der Waals surface area contributed by atoms with E-state index in [9.17, 15) is 23.1 Å². The van der Waals surface area contributed by atoms with Crippen molar-refractivity contribution in [2.75, 3.05) is 38.2 Å². The van der Waals surface area contributed by atoms with Gasteiger partial charge >= 0.3 is 5.97 Å². The summed E-state index contributed by atoms with van der Waals surface area (Å²) >= 11 is 0. The third-order valence-corrected chi connectivity index (χ3v) is 6.41. The Morgan fingerprint density at radius 1 is 1.17 bits per heavy atom. The van der Waals surface area contributed by atoms with E-state index in [1.54, 1.807) is 0 Å². The van der Waals surface area contributed by atoms with Crippen molar-refractivity contribution in [1.29, 1.82) is 0 Å². The molecule has 1 N–H and O–H groups in total. The van der Waals surface area contributed by atoms with Crippen LogP contribution in [0.4, 0.5) is 0 Å². The monoisotopic (exact) mass is 344 g/mol. The lowest BCUT2D eigenvalue weighted by atomic mass is 9.81. The zero-order valence-electron chi connectivity index (χ0n) is 13.4. The molecule has 0 bridgehead atoms. The van der Waals surface area contributed by atoms with E-state index in [0.29, 0.717) is 25.7 Å². The average Bonchev–Trinajstić information content (AvgIpc) is 3.10. The molecule has 1 saturated carbocycles. The normalized spacial score (nSPS) is 32.4. The Balaban J connectivity index is 1.73. The second-order valence-electron chi connectivity index (χ2n) is 7.37. The van der Waals surface area contributed by atoms with Crippen molar-refractivity contribution < 1.29 is 23.1 Å². The molecule has 1 aliphatic carbocycles. The van der Waals surface area contributed by atoms with Gasteiger partial charge in [0.15, 0.2) is 9.84 Å². The SMILES string of the molecule is CS(=O)(=O)CC(=O)N1C[C@@H]2CN(C3CCCC3)C[C@]2(C(=O)O)C1. The second kappa shape index (κ2) is 5.73. The number of likely N-dealkylation sites (tertiary alicyclic amines) is 2. The molecule has 0 aromatic heterocycles. The number of carboxylic acid groups (broad SMARTS) is 1. The molecule has 130 valence electrons. The van der Waals surface area contributed by atoms with Crippen molar-refractivity contribution in [3.05, 3.63) is 0 Å². The molecule has 0 spiro atoms. The topological polar surface area (TPSA) is 95.0 Å². The number of carbonyl (C=O) groups is 2. The van der Waals surface area contributed by atoms with Gasteiger partial charge in [-0.05, 0) is 12.8 Å². The van der Waals surface area contributed by atoms with E-state index in [1.807, 2.05) is 0 Å². The molecule has 3 fully saturated rings. The van der Waals surface area contributed by atoms with E-state index in [0.717, 1.165) is 19.1 Å². The molecule has 2 atom stereocenters. The molecule has 0 unspecified atom stereocenters. The quantitative estimate of drug-likeness (QED) is 0.760. The van der Waals surface area contributed by atoms with Crippen LogP contribution in [0.2, 0.25) is 0 Å². The lowest BCUT2D eigenvalue weighted by Gasteiger charge is -2.28. The van der Waals surface area contributed by atoms with E-state index in [2.05, 4.69) is 4.90 Å². The van der Waals surface area contributed by atoms with Crippen molar-refractivity contribution in [2.24, 2.45) is 11.3 Å². The van der Waals surface area contributed by atoms with Crippen LogP contribution in [0.15, 0.2) is 0 Å². The van der Waals surface area contributed by atoms with E-state index < -0.39 is 32.9 Å². The third-order valence-electron chi connectivity index (χ3n) is 5.64. The minimum atomic E-state index is -3.40. The number of sulfone groups is 1. The van der Waals surface area contributed by atoms with Crippen molar-refractivity contribution >= 4 is 21.7 Å². The highest BCUT2D eigenvalue weighted by atomic mass is 32.2. The number of amides is 1. The van der Waals surface area contributed by atoms with Crippen LogP contribution in [-0.4, -0.2) is 79.4 Å². The Labute approximate surface area is 136 Å².